The molecule has 4 rings (SSSR count). The van der Waals surface area contributed by atoms with Crippen LogP contribution in [-0.2, 0) is 9.59 Å². The first-order valence-electron chi connectivity index (χ1n) is 10.5. The highest BCUT2D eigenvalue weighted by Gasteiger charge is 2.39. The van der Waals surface area contributed by atoms with Gasteiger partial charge in [0.2, 0.25) is 0 Å². The number of carbonyl (C=O) groups excluding carboxylic acids is 4. The number of carbonyl (C=O) groups is 4. The molecule has 0 bridgehead atoms. The van der Waals surface area contributed by atoms with Gasteiger partial charge in [-0.2, -0.15) is 0 Å². The van der Waals surface area contributed by atoms with Crippen LogP contribution >= 0.6 is 35.1 Å². The molecule has 2 aliphatic heterocycles. The molecule has 0 saturated carbocycles. The van der Waals surface area contributed by atoms with E-state index in [1.54, 1.807) is 36.4 Å². The third-order valence-corrected chi connectivity index (χ3v) is 7.54. The molecule has 2 saturated heterocycles. The van der Waals surface area contributed by atoms with Crippen LogP contribution < -0.4 is 0 Å². The largest absolute Gasteiger partial charge is 0.293 e. The van der Waals surface area contributed by atoms with Gasteiger partial charge in [0.1, 0.15) is 0 Å². The van der Waals surface area contributed by atoms with Gasteiger partial charge in [-0.25, -0.2) is 0 Å². The van der Waals surface area contributed by atoms with Crippen molar-refractivity contribution in [3.63, 3.8) is 0 Å². The van der Waals surface area contributed by atoms with Crippen LogP contribution in [0.15, 0.2) is 46.2 Å². The SMILES string of the molecule is Cc1cc(C)c(/C=C2/SC(=O)N(CCN3C(=O)S/C(=C/c4ccc(Cl)cc4)C3=O)C2=O)c(C)c1. The average molecular weight is 513 g/mol. The Morgan fingerprint density at radius 2 is 1.24 bits per heavy atom. The third-order valence-electron chi connectivity index (χ3n) is 5.48. The van der Waals surface area contributed by atoms with Gasteiger partial charge in [-0.1, -0.05) is 41.4 Å². The highest BCUT2D eigenvalue weighted by atomic mass is 35.5. The Bertz CT molecular complexity index is 1260. The number of aryl methyl sites for hydroxylation is 3. The minimum atomic E-state index is -0.446. The molecule has 0 spiro atoms. The van der Waals surface area contributed by atoms with E-state index < -0.39 is 22.3 Å². The van der Waals surface area contributed by atoms with Crippen molar-refractivity contribution in [2.45, 2.75) is 20.8 Å². The van der Waals surface area contributed by atoms with E-state index in [9.17, 15) is 19.2 Å². The summed E-state index contributed by atoms with van der Waals surface area (Å²) in [6.45, 7) is 5.82. The molecule has 0 aliphatic carbocycles. The topological polar surface area (TPSA) is 74.8 Å². The summed E-state index contributed by atoms with van der Waals surface area (Å²) in [5.74, 6) is -0.864. The van der Waals surface area contributed by atoms with Crippen molar-refractivity contribution in [2.75, 3.05) is 13.1 Å². The Kier molecular flexibility index (Phi) is 7.02. The van der Waals surface area contributed by atoms with Gasteiger partial charge < -0.3 is 0 Å². The lowest BCUT2D eigenvalue weighted by Crippen LogP contribution is -2.39. The summed E-state index contributed by atoms with van der Waals surface area (Å²) in [5.41, 5.74) is 4.83. The van der Waals surface area contributed by atoms with Gasteiger partial charge in [0.15, 0.2) is 0 Å². The maximum atomic E-state index is 12.9. The number of amides is 4. The fourth-order valence-electron chi connectivity index (χ4n) is 3.85. The van der Waals surface area contributed by atoms with E-state index in [-0.39, 0.29) is 18.0 Å². The number of halogens is 1. The first-order valence-corrected chi connectivity index (χ1v) is 12.5. The zero-order valence-corrected chi connectivity index (χ0v) is 21.1. The molecular formula is C25H21ClN2O4S2. The van der Waals surface area contributed by atoms with E-state index in [1.165, 1.54) is 0 Å². The van der Waals surface area contributed by atoms with Crippen LogP contribution in [0.3, 0.4) is 0 Å². The van der Waals surface area contributed by atoms with E-state index in [4.69, 9.17) is 11.6 Å². The number of rotatable bonds is 5. The summed E-state index contributed by atoms with van der Waals surface area (Å²) in [4.78, 5) is 53.4. The summed E-state index contributed by atoms with van der Waals surface area (Å²) >= 11 is 7.59. The number of hydrogen-bond donors (Lipinski definition) is 0. The Labute approximate surface area is 211 Å². The molecule has 0 aromatic heterocycles. The molecule has 34 heavy (non-hydrogen) atoms. The van der Waals surface area contributed by atoms with Crippen LogP contribution in [0.25, 0.3) is 12.2 Å². The van der Waals surface area contributed by atoms with Crippen LogP contribution in [0.2, 0.25) is 5.02 Å². The van der Waals surface area contributed by atoms with Crippen molar-refractivity contribution in [1.82, 2.24) is 9.80 Å². The molecular weight excluding hydrogens is 492 g/mol. The second kappa shape index (κ2) is 9.82. The highest BCUT2D eigenvalue weighted by Crippen LogP contribution is 2.35. The van der Waals surface area contributed by atoms with E-state index >= 15 is 0 Å². The van der Waals surface area contributed by atoms with Gasteiger partial charge >= 0.3 is 0 Å². The number of imide groups is 2. The van der Waals surface area contributed by atoms with Crippen LogP contribution in [0.5, 0.6) is 0 Å². The fourth-order valence-corrected chi connectivity index (χ4v) is 5.68. The quantitative estimate of drug-likeness (QED) is 0.455. The molecule has 2 aromatic carbocycles. The molecule has 6 nitrogen and oxygen atoms in total. The fraction of sp³-hybridized carbons (Fsp3) is 0.200. The molecule has 4 amide bonds. The summed E-state index contributed by atoms with van der Waals surface area (Å²) in [6, 6.07) is 11.0. The van der Waals surface area contributed by atoms with Gasteiger partial charge in [0, 0.05) is 18.1 Å². The van der Waals surface area contributed by atoms with Gasteiger partial charge in [-0.15, -0.1) is 0 Å². The van der Waals surface area contributed by atoms with Gasteiger partial charge in [-0.05, 0) is 90.8 Å². The second-order valence-corrected chi connectivity index (χ2v) is 10.5. The van der Waals surface area contributed by atoms with Crippen molar-refractivity contribution in [3.05, 3.63) is 79.0 Å². The zero-order valence-electron chi connectivity index (χ0n) is 18.8. The van der Waals surface area contributed by atoms with Gasteiger partial charge in [0.05, 0.1) is 9.81 Å². The maximum absolute atomic E-state index is 12.9. The monoisotopic (exact) mass is 512 g/mol. The summed E-state index contributed by atoms with van der Waals surface area (Å²) in [7, 11) is 0. The normalized spacial score (nSPS) is 18.8. The van der Waals surface area contributed by atoms with Crippen LogP contribution in [0, 0.1) is 20.8 Å². The number of benzene rings is 2. The predicted octanol–water partition coefficient (Wildman–Crippen LogP) is 6.04. The predicted molar refractivity (Wildman–Crippen MR) is 137 cm³/mol. The van der Waals surface area contributed by atoms with Crippen molar-refractivity contribution in [1.29, 1.82) is 0 Å². The lowest BCUT2D eigenvalue weighted by Gasteiger charge is -2.17. The average Bonchev–Trinajstić information content (AvgIpc) is 3.19. The standard InChI is InChI=1S/C25H21ClN2O4S2/c1-14-10-15(2)19(16(3)11-14)13-21-23(30)28(25(32)34-21)9-8-27-22(29)20(33-24(27)31)12-17-4-6-18(26)7-5-17/h4-7,10-13H,8-9H2,1-3H3/b20-12+,21-13+. The number of thioether (sulfide) groups is 2. The number of nitrogens with zero attached hydrogens (tertiary/aromatic N) is 2. The molecule has 2 aromatic rings. The first-order chi connectivity index (χ1) is 16.1. The lowest BCUT2D eigenvalue weighted by atomic mass is 9.99. The third kappa shape index (κ3) is 4.99. The summed E-state index contributed by atoms with van der Waals surface area (Å²) in [6.07, 6.45) is 3.36. The Hall–Kier alpha value is -2.81. The summed E-state index contributed by atoms with van der Waals surface area (Å²) < 4.78 is 0. The molecule has 0 unspecified atom stereocenters. The van der Waals surface area contributed by atoms with Crippen LogP contribution in [0.1, 0.15) is 27.8 Å². The molecule has 0 N–H and O–H groups in total. The minimum Gasteiger partial charge on any atom is -0.268 e. The number of hydrogen-bond acceptors (Lipinski definition) is 6. The van der Waals surface area contributed by atoms with Crippen molar-refractivity contribution in [2.24, 2.45) is 0 Å². The molecule has 2 fully saturated rings. The van der Waals surface area contributed by atoms with E-state index in [2.05, 4.69) is 0 Å². The van der Waals surface area contributed by atoms with E-state index in [1.807, 2.05) is 32.9 Å². The zero-order chi connectivity index (χ0) is 24.6. The van der Waals surface area contributed by atoms with Gasteiger partial charge in [-0.3, -0.25) is 29.0 Å². The molecule has 0 radical (unpaired) electrons. The molecule has 2 aliphatic rings. The van der Waals surface area contributed by atoms with Gasteiger partial charge in [0.25, 0.3) is 22.3 Å². The van der Waals surface area contributed by atoms with E-state index in [0.29, 0.717) is 9.93 Å². The lowest BCUT2D eigenvalue weighted by molar-refractivity contribution is -0.125. The maximum Gasteiger partial charge on any atom is 0.293 e. The highest BCUT2D eigenvalue weighted by molar-refractivity contribution is 8.18. The van der Waals surface area contributed by atoms with Crippen molar-refractivity contribution < 1.29 is 19.2 Å². The van der Waals surface area contributed by atoms with Crippen molar-refractivity contribution in [3.8, 4) is 0 Å². The minimum absolute atomic E-state index is 0.0554. The van der Waals surface area contributed by atoms with Crippen molar-refractivity contribution >= 4 is 69.6 Å². The Morgan fingerprint density at radius 3 is 1.74 bits per heavy atom. The molecule has 0 atom stereocenters. The smallest absolute Gasteiger partial charge is 0.268 e. The molecule has 9 heteroatoms. The second-order valence-electron chi connectivity index (χ2n) is 8.03. The Morgan fingerprint density at radius 1 is 0.765 bits per heavy atom. The summed E-state index contributed by atoms with van der Waals surface area (Å²) in [5, 5.41) is -0.273. The Balaban J connectivity index is 1.46. The first kappa shape index (κ1) is 24.3. The van der Waals surface area contributed by atoms with Crippen LogP contribution in [0.4, 0.5) is 9.59 Å². The van der Waals surface area contributed by atoms with E-state index in [0.717, 1.165) is 61.1 Å². The molecule has 2 heterocycles. The molecule has 174 valence electrons. The van der Waals surface area contributed by atoms with Crippen LogP contribution in [-0.4, -0.2) is 45.2 Å².